The molecule has 2 saturated heterocycles. The largest absolute Gasteiger partial charge is 0.384 e. The summed E-state index contributed by atoms with van der Waals surface area (Å²) in [4.78, 5) is 15.5. The van der Waals surface area contributed by atoms with Crippen molar-refractivity contribution in [2.24, 2.45) is 5.41 Å². The Bertz CT molecular complexity index is 763. The first-order valence-corrected chi connectivity index (χ1v) is 9.52. The van der Waals surface area contributed by atoms with Gasteiger partial charge in [-0.3, -0.25) is 9.20 Å². The Hall–Kier alpha value is -1.99. The maximum Gasteiger partial charge on any atom is 0.231 e. The van der Waals surface area contributed by atoms with Crippen LogP contribution in [0.3, 0.4) is 0 Å². The summed E-state index contributed by atoms with van der Waals surface area (Å²) in [7, 11) is 1.69. The molecule has 0 aliphatic carbocycles. The minimum atomic E-state index is -0.380. The molecule has 7 heteroatoms. The molecule has 1 unspecified atom stereocenters. The molecule has 26 heavy (non-hydrogen) atoms. The number of fused-ring (bicyclic) bond motifs is 1. The van der Waals surface area contributed by atoms with Crippen LogP contribution in [0.1, 0.15) is 37.4 Å². The number of pyridine rings is 1. The Morgan fingerprint density at radius 2 is 2.19 bits per heavy atom. The molecule has 2 aromatic rings. The third-order valence-electron chi connectivity index (χ3n) is 5.85. The van der Waals surface area contributed by atoms with Crippen LogP contribution in [0.2, 0.25) is 0 Å². The number of methoxy groups -OCH3 is 1. The molecule has 0 aromatic carbocycles. The van der Waals surface area contributed by atoms with Gasteiger partial charge >= 0.3 is 0 Å². The van der Waals surface area contributed by atoms with Gasteiger partial charge in [0.2, 0.25) is 5.91 Å². The summed E-state index contributed by atoms with van der Waals surface area (Å²) in [5.74, 6) is 1.44. The fraction of sp³-hybridized carbons (Fsp3) is 0.632. The van der Waals surface area contributed by atoms with Crippen LogP contribution in [0.25, 0.3) is 5.65 Å². The number of carbonyl (C=O) groups is 1. The van der Waals surface area contributed by atoms with Crippen molar-refractivity contribution in [2.75, 3.05) is 39.9 Å². The first kappa shape index (κ1) is 17.4. The average molecular weight is 357 g/mol. The second-order valence-corrected chi connectivity index (χ2v) is 7.54. The van der Waals surface area contributed by atoms with Crippen LogP contribution in [0, 0.1) is 5.41 Å². The van der Waals surface area contributed by atoms with Crippen molar-refractivity contribution in [1.29, 1.82) is 0 Å². The molecule has 140 valence electrons. The van der Waals surface area contributed by atoms with E-state index in [1.807, 2.05) is 33.7 Å². The number of nitrogens with zero attached hydrogens (tertiary/aromatic N) is 4. The highest BCUT2D eigenvalue weighted by molar-refractivity contribution is 5.83. The van der Waals surface area contributed by atoms with E-state index in [0.717, 1.165) is 56.8 Å². The van der Waals surface area contributed by atoms with Gasteiger partial charge in [0.1, 0.15) is 5.82 Å². The van der Waals surface area contributed by atoms with Gasteiger partial charge in [-0.15, -0.1) is 10.2 Å². The standard InChI is InChI=1S/C19H27N5O2/c1-26-14-19(7-9-20-10-8-19)18(25)23-11-4-5-15(13-23)17-22-21-16-6-2-3-12-24(16)17/h2-3,6,12,15,20H,4-5,7-11,13-14H2,1H3. The Morgan fingerprint density at radius 1 is 1.35 bits per heavy atom. The number of likely N-dealkylation sites (tertiary alicyclic amines) is 1. The Morgan fingerprint density at radius 3 is 3.00 bits per heavy atom. The normalized spacial score (nSPS) is 23.3. The lowest BCUT2D eigenvalue weighted by molar-refractivity contribution is -0.149. The van der Waals surface area contributed by atoms with Crippen LogP contribution in [0.15, 0.2) is 24.4 Å². The maximum absolute atomic E-state index is 13.4. The topological polar surface area (TPSA) is 71.8 Å². The monoisotopic (exact) mass is 357 g/mol. The lowest BCUT2D eigenvalue weighted by Gasteiger charge is -2.42. The van der Waals surface area contributed by atoms with E-state index in [4.69, 9.17) is 4.74 Å². The van der Waals surface area contributed by atoms with E-state index in [-0.39, 0.29) is 17.2 Å². The smallest absolute Gasteiger partial charge is 0.231 e. The van der Waals surface area contributed by atoms with Gasteiger partial charge in [0.15, 0.2) is 5.65 Å². The van der Waals surface area contributed by atoms with Gasteiger partial charge in [0.25, 0.3) is 0 Å². The zero-order valence-corrected chi connectivity index (χ0v) is 15.4. The molecule has 2 aromatic heterocycles. The van der Waals surface area contributed by atoms with Crippen molar-refractivity contribution < 1.29 is 9.53 Å². The Kier molecular flexibility index (Phi) is 4.91. The molecular weight excluding hydrogens is 330 g/mol. The molecule has 0 radical (unpaired) electrons. The summed E-state index contributed by atoms with van der Waals surface area (Å²) in [5, 5.41) is 12.1. The van der Waals surface area contributed by atoms with E-state index >= 15 is 0 Å². The highest BCUT2D eigenvalue weighted by Crippen LogP contribution is 2.35. The number of hydrogen-bond acceptors (Lipinski definition) is 5. The maximum atomic E-state index is 13.4. The van der Waals surface area contributed by atoms with Gasteiger partial charge in [-0.2, -0.15) is 0 Å². The molecule has 1 amide bonds. The average Bonchev–Trinajstić information content (AvgIpc) is 3.13. The minimum absolute atomic E-state index is 0.228. The second-order valence-electron chi connectivity index (χ2n) is 7.54. The Labute approximate surface area is 153 Å². The van der Waals surface area contributed by atoms with Crippen molar-refractivity contribution >= 4 is 11.6 Å². The first-order valence-electron chi connectivity index (χ1n) is 9.52. The molecule has 0 bridgehead atoms. The summed E-state index contributed by atoms with van der Waals surface area (Å²) in [5.41, 5.74) is 0.481. The molecule has 2 fully saturated rings. The van der Waals surface area contributed by atoms with Crippen LogP contribution in [0.4, 0.5) is 0 Å². The number of piperidine rings is 2. The number of rotatable bonds is 4. The van der Waals surface area contributed by atoms with Crippen molar-refractivity contribution in [3.8, 4) is 0 Å². The molecule has 7 nitrogen and oxygen atoms in total. The number of nitrogens with one attached hydrogen (secondary N) is 1. The van der Waals surface area contributed by atoms with E-state index in [0.29, 0.717) is 13.2 Å². The zero-order valence-electron chi connectivity index (χ0n) is 15.4. The number of ether oxygens (including phenoxy) is 1. The van der Waals surface area contributed by atoms with Crippen molar-refractivity contribution in [2.45, 2.75) is 31.6 Å². The summed E-state index contributed by atoms with van der Waals surface area (Å²) in [6.45, 7) is 3.79. The van der Waals surface area contributed by atoms with Gasteiger partial charge in [-0.05, 0) is 50.9 Å². The zero-order chi connectivity index (χ0) is 18.0. The summed E-state index contributed by atoms with van der Waals surface area (Å²) >= 11 is 0. The summed E-state index contributed by atoms with van der Waals surface area (Å²) < 4.78 is 7.50. The van der Waals surface area contributed by atoms with Gasteiger partial charge in [-0.1, -0.05) is 6.07 Å². The van der Waals surface area contributed by atoms with Crippen LogP contribution in [-0.4, -0.2) is 65.3 Å². The van der Waals surface area contributed by atoms with Crippen LogP contribution < -0.4 is 5.32 Å². The first-order chi connectivity index (χ1) is 12.7. The number of aromatic nitrogens is 3. The van der Waals surface area contributed by atoms with Crippen molar-refractivity contribution in [1.82, 2.24) is 24.8 Å². The van der Waals surface area contributed by atoms with Crippen molar-refractivity contribution in [3.63, 3.8) is 0 Å². The van der Waals surface area contributed by atoms with Crippen LogP contribution in [0.5, 0.6) is 0 Å². The van der Waals surface area contributed by atoms with E-state index in [2.05, 4.69) is 15.5 Å². The van der Waals surface area contributed by atoms with Gasteiger partial charge in [-0.25, -0.2) is 0 Å². The van der Waals surface area contributed by atoms with Gasteiger partial charge in [0, 0.05) is 32.3 Å². The molecule has 0 spiro atoms. The number of carbonyl (C=O) groups excluding carboxylic acids is 1. The molecule has 2 aliphatic rings. The molecule has 2 aliphatic heterocycles. The predicted molar refractivity (Wildman–Crippen MR) is 98.0 cm³/mol. The van der Waals surface area contributed by atoms with Crippen molar-refractivity contribution in [3.05, 3.63) is 30.2 Å². The number of hydrogen-bond donors (Lipinski definition) is 1. The molecule has 4 rings (SSSR count). The summed E-state index contributed by atoms with van der Waals surface area (Å²) in [6.07, 6.45) is 5.73. The lowest BCUT2D eigenvalue weighted by atomic mass is 9.77. The van der Waals surface area contributed by atoms with E-state index in [1.165, 1.54) is 0 Å². The molecule has 1 atom stereocenters. The van der Waals surface area contributed by atoms with Gasteiger partial charge < -0.3 is 15.0 Å². The third-order valence-corrected chi connectivity index (χ3v) is 5.85. The van der Waals surface area contributed by atoms with Gasteiger partial charge in [0.05, 0.1) is 12.0 Å². The lowest BCUT2D eigenvalue weighted by Crippen LogP contribution is -2.53. The molecule has 4 heterocycles. The molecule has 0 saturated carbocycles. The number of amides is 1. The quantitative estimate of drug-likeness (QED) is 0.897. The highest BCUT2D eigenvalue weighted by atomic mass is 16.5. The SMILES string of the molecule is COCC1(C(=O)N2CCCC(c3nnc4ccccn34)C2)CCNCC1. The predicted octanol–water partition coefficient (Wildman–Crippen LogP) is 1.45. The van der Waals surface area contributed by atoms with E-state index in [1.54, 1.807) is 7.11 Å². The van der Waals surface area contributed by atoms with E-state index in [9.17, 15) is 4.79 Å². The highest BCUT2D eigenvalue weighted by Gasteiger charge is 2.43. The van der Waals surface area contributed by atoms with Crippen LogP contribution >= 0.6 is 0 Å². The fourth-order valence-electron chi connectivity index (χ4n) is 4.45. The van der Waals surface area contributed by atoms with Crippen LogP contribution in [-0.2, 0) is 9.53 Å². The fourth-order valence-corrected chi connectivity index (χ4v) is 4.45. The Balaban J connectivity index is 1.55. The van der Waals surface area contributed by atoms with E-state index < -0.39 is 0 Å². The third kappa shape index (κ3) is 3.10. The molecule has 1 N–H and O–H groups in total. The minimum Gasteiger partial charge on any atom is -0.384 e. The second kappa shape index (κ2) is 7.32. The summed E-state index contributed by atoms with van der Waals surface area (Å²) in [6, 6.07) is 5.93. The molecular formula is C19H27N5O2.